The second-order valence-electron chi connectivity index (χ2n) is 17.0. The fourth-order valence-corrected chi connectivity index (χ4v) is 40.7. The second kappa shape index (κ2) is 14.7. The third kappa shape index (κ3) is 6.73. The summed E-state index contributed by atoms with van der Waals surface area (Å²) in [5, 5.41) is 0. The van der Waals surface area contributed by atoms with Crippen LogP contribution in [0.25, 0.3) is 34.4 Å². The Balaban J connectivity index is 1.55. The maximum absolute atomic E-state index is 8.80. The van der Waals surface area contributed by atoms with Crippen molar-refractivity contribution < 1.29 is 15.6 Å². The Morgan fingerprint density at radius 3 is 1.71 bits per heavy atom. The minimum absolute atomic E-state index is 0.0937. The molecule has 0 spiro atoms. The Hall–Kier alpha value is -1.96. The Morgan fingerprint density at radius 2 is 1.22 bits per heavy atom. The first-order valence-corrected chi connectivity index (χ1v) is 35.9. The van der Waals surface area contributed by atoms with Crippen LogP contribution in [0.2, 0.25) is 13.1 Å². The van der Waals surface area contributed by atoms with Crippen LogP contribution in [0.1, 0.15) is 128 Å². The average molecular weight is 814 g/mol. The Bertz CT molecular complexity index is 1960. The van der Waals surface area contributed by atoms with Gasteiger partial charge in [-0.25, -0.2) is 0 Å². The zero-order chi connectivity index (χ0) is 36.9. The van der Waals surface area contributed by atoms with Crippen LogP contribution >= 0.6 is 17.0 Å². The normalized spacial score (nSPS) is 19.2. The molecule has 0 amide bonds. The predicted octanol–water partition coefficient (Wildman–Crippen LogP) is 15.2. The van der Waals surface area contributed by atoms with Crippen molar-refractivity contribution in [3.05, 3.63) is 129 Å². The molecule has 0 aromatic heterocycles. The van der Waals surface area contributed by atoms with E-state index in [1.165, 1.54) is 66.8 Å². The van der Waals surface area contributed by atoms with Crippen molar-refractivity contribution in [2.75, 3.05) is 0 Å². The van der Waals surface area contributed by atoms with Gasteiger partial charge in [0.25, 0.3) is 0 Å². The summed E-state index contributed by atoms with van der Waals surface area (Å²) in [6.07, 6.45) is 9.42. The molecule has 0 aliphatic heterocycles. The van der Waals surface area contributed by atoms with Gasteiger partial charge >= 0.3 is 321 Å². The Kier molecular flexibility index (Phi) is 11.2. The zero-order valence-corrected chi connectivity index (χ0v) is 37.8. The van der Waals surface area contributed by atoms with Gasteiger partial charge in [-0.1, -0.05) is 0 Å². The summed E-state index contributed by atoms with van der Waals surface area (Å²) in [7, 11) is 17.6. The van der Waals surface area contributed by atoms with Crippen LogP contribution in [-0.2, 0) is 21.0 Å². The van der Waals surface area contributed by atoms with E-state index in [0.717, 1.165) is 25.7 Å². The molecule has 0 radical (unpaired) electrons. The Morgan fingerprint density at radius 1 is 0.686 bits per heavy atom. The van der Waals surface area contributed by atoms with Crippen molar-refractivity contribution in [1.29, 1.82) is 0 Å². The molecule has 4 unspecified atom stereocenters. The van der Waals surface area contributed by atoms with E-state index in [4.69, 9.17) is 17.0 Å². The number of rotatable bonds is 11. The number of fused-ring (bicyclic) bond motifs is 2. The monoisotopic (exact) mass is 811 g/mol. The van der Waals surface area contributed by atoms with Crippen LogP contribution < -0.4 is 0 Å². The fourth-order valence-electron chi connectivity index (χ4n) is 9.20. The summed E-state index contributed by atoms with van der Waals surface area (Å²) >= 11 is -4.89. The molecule has 4 aromatic carbocycles. The van der Waals surface area contributed by atoms with Crippen molar-refractivity contribution in [3.63, 3.8) is 0 Å². The van der Waals surface area contributed by atoms with Gasteiger partial charge in [0.05, 0.1) is 0 Å². The molecule has 0 heterocycles. The summed E-state index contributed by atoms with van der Waals surface area (Å²) in [5.74, 6) is -0.691. The molecule has 0 saturated carbocycles. The van der Waals surface area contributed by atoms with Gasteiger partial charge in [0, 0.05) is 0 Å². The minimum atomic E-state index is -4.89. The van der Waals surface area contributed by atoms with Crippen LogP contribution in [0.5, 0.6) is 0 Å². The van der Waals surface area contributed by atoms with E-state index in [9.17, 15) is 0 Å². The molecular formula is C47H59Cl2SiZr. The summed E-state index contributed by atoms with van der Waals surface area (Å²) in [5.41, 5.74) is 16.4. The number of halogens is 2. The van der Waals surface area contributed by atoms with E-state index >= 15 is 0 Å². The first-order chi connectivity index (χ1) is 24.1. The summed E-state index contributed by atoms with van der Waals surface area (Å²) < 4.78 is 0.194. The third-order valence-electron chi connectivity index (χ3n) is 12.6. The third-order valence-corrected chi connectivity index (χ3v) is 64.4. The van der Waals surface area contributed by atoms with Gasteiger partial charge in [0.1, 0.15) is 0 Å². The van der Waals surface area contributed by atoms with E-state index in [0.29, 0.717) is 11.8 Å². The molecule has 269 valence electrons. The van der Waals surface area contributed by atoms with Crippen LogP contribution in [0, 0.1) is 5.92 Å². The molecule has 0 saturated heterocycles. The van der Waals surface area contributed by atoms with E-state index in [1.807, 2.05) is 0 Å². The van der Waals surface area contributed by atoms with Gasteiger partial charge in [0.15, 0.2) is 0 Å². The van der Waals surface area contributed by atoms with Crippen LogP contribution in [-0.4, -0.2) is 5.92 Å². The quantitative estimate of drug-likeness (QED) is 0.132. The summed E-state index contributed by atoms with van der Waals surface area (Å²) in [4.78, 5) is 0. The molecule has 51 heavy (non-hydrogen) atoms. The molecule has 0 bridgehead atoms. The van der Waals surface area contributed by atoms with E-state index in [-0.39, 0.29) is 12.7 Å². The van der Waals surface area contributed by atoms with E-state index in [1.54, 1.807) is 0 Å². The number of allylic oxidation sites excluding steroid dienone is 2. The molecule has 2 aliphatic carbocycles. The van der Waals surface area contributed by atoms with E-state index < -0.39 is 21.5 Å². The predicted molar refractivity (Wildman–Crippen MR) is 228 cm³/mol. The maximum atomic E-state index is 8.80. The van der Waals surface area contributed by atoms with E-state index in [2.05, 4.69) is 166 Å². The molecule has 0 fully saturated rings. The van der Waals surface area contributed by atoms with Gasteiger partial charge in [-0.15, -0.1) is 0 Å². The van der Waals surface area contributed by atoms with Crippen molar-refractivity contribution in [2.45, 2.75) is 113 Å². The second-order valence-corrected chi connectivity index (χ2v) is 59.5. The fraction of sp³-hybridized carbons (Fsp3) is 0.404. The van der Waals surface area contributed by atoms with Crippen molar-refractivity contribution >= 4 is 35.1 Å². The van der Waals surface area contributed by atoms with Crippen LogP contribution in [0.15, 0.2) is 96.1 Å². The average Bonchev–Trinajstić information content (AvgIpc) is 3.72. The van der Waals surface area contributed by atoms with Gasteiger partial charge in [0.2, 0.25) is 0 Å². The van der Waals surface area contributed by atoms with Crippen molar-refractivity contribution in [3.8, 4) is 22.3 Å². The Labute approximate surface area is 318 Å². The first-order valence-electron chi connectivity index (χ1n) is 19.6. The van der Waals surface area contributed by atoms with Gasteiger partial charge < -0.3 is 0 Å². The van der Waals surface area contributed by atoms with Crippen molar-refractivity contribution in [1.82, 2.24) is 0 Å². The molecule has 4 heteroatoms. The zero-order valence-electron chi connectivity index (χ0n) is 32.7. The summed E-state index contributed by atoms with van der Waals surface area (Å²) in [6.45, 7) is 23.4. The molecule has 2 aliphatic rings. The van der Waals surface area contributed by atoms with Gasteiger partial charge in [-0.05, 0) is 0 Å². The molecule has 0 nitrogen and oxygen atoms in total. The van der Waals surface area contributed by atoms with Gasteiger partial charge in [-0.2, -0.15) is 0 Å². The van der Waals surface area contributed by atoms with Crippen molar-refractivity contribution in [2.24, 2.45) is 5.92 Å². The number of hydrogen-bond acceptors (Lipinski definition) is 0. The number of benzene rings is 4. The first kappa shape index (κ1) is 38.8. The topological polar surface area (TPSA) is 0 Å². The standard InChI is InChI=1S/C24H29.C21H23.C2H7Si.2ClH.Zr/c1-6-8-17(2)20-15-19-9-7-10-22(23(19)16-20)18-11-13-21(14-12-18)24(3,4)5;1-4-15(3)17-9-11-18(12-10-17)20-8-6-7-19-13-16(5-2)14-21(19)20;1-3-2;;;/h7,9-17H,6,8H2,1-5H3;6-15H,4-5H2,1-3H3;3H,1-2H3;2*1H;/q;;;;;+2/p-2. The SMILES string of the molecule is CCCC(C)C1=Cc2c(-c3ccc(C(C)(C)C)cc3)cccc2[CH]1[Zr]([Cl])([Cl])([CH]1C(CC)=Cc2c(-c3ccc(C(C)CC)cc3)cccc21)[SiH](C)C. The molecular weight excluding hydrogens is 755 g/mol. The van der Waals surface area contributed by atoms with Gasteiger partial charge in [-0.3, -0.25) is 0 Å². The molecule has 0 N–H and O–H groups in total. The molecule has 6 rings (SSSR count). The molecule has 4 atom stereocenters. The number of hydrogen-bond donors (Lipinski definition) is 0. The van der Waals surface area contributed by atoms with Crippen LogP contribution in [0.3, 0.4) is 0 Å². The van der Waals surface area contributed by atoms with Crippen LogP contribution in [0.4, 0.5) is 0 Å². The molecule has 4 aromatic rings. The summed E-state index contributed by atoms with van der Waals surface area (Å²) in [6, 6.07) is 32.5.